The maximum Gasteiger partial charge on any atom is 0.250 e. The number of amides is 2. The van der Waals surface area contributed by atoms with Crippen LogP contribution in [0.1, 0.15) is 56.2 Å². The van der Waals surface area contributed by atoms with Crippen LogP contribution in [0, 0.1) is 0 Å². The van der Waals surface area contributed by atoms with Gasteiger partial charge in [0.2, 0.25) is 5.91 Å². The first kappa shape index (κ1) is 23.1. The van der Waals surface area contributed by atoms with Crippen molar-refractivity contribution >= 4 is 11.8 Å². The van der Waals surface area contributed by atoms with Crippen molar-refractivity contribution in [3.63, 3.8) is 0 Å². The predicted molar refractivity (Wildman–Crippen MR) is 127 cm³/mol. The highest BCUT2D eigenvalue weighted by Gasteiger charge is 2.43. The topological polar surface area (TPSA) is 59.1 Å². The molecule has 1 heterocycles. The molecular formula is C27H34N2O4. The van der Waals surface area contributed by atoms with Gasteiger partial charge in [-0.25, -0.2) is 0 Å². The van der Waals surface area contributed by atoms with Gasteiger partial charge in [-0.05, 0) is 49.4 Å². The van der Waals surface area contributed by atoms with Gasteiger partial charge < -0.3 is 19.3 Å². The fourth-order valence-corrected chi connectivity index (χ4v) is 5.05. The Morgan fingerprint density at radius 2 is 1.73 bits per heavy atom. The third-order valence-electron chi connectivity index (χ3n) is 6.76. The third kappa shape index (κ3) is 5.15. The quantitative estimate of drug-likeness (QED) is 0.599. The smallest absolute Gasteiger partial charge is 0.250 e. The van der Waals surface area contributed by atoms with E-state index in [0.29, 0.717) is 31.1 Å². The molecule has 2 aromatic rings. The Morgan fingerprint density at radius 1 is 0.970 bits per heavy atom. The Labute approximate surface area is 196 Å². The summed E-state index contributed by atoms with van der Waals surface area (Å²) in [6.45, 7) is 3.11. The van der Waals surface area contributed by atoms with Gasteiger partial charge in [0.25, 0.3) is 5.91 Å². The van der Waals surface area contributed by atoms with Crippen molar-refractivity contribution in [1.29, 1.82) is 0 Å². The van der Waals surface area contributed by atoms with Crippen molar-refractivity contribution in [2.24, 2.45) is 0 Å². The number of rotatable bonds is 8. The Hall–Kier alpha value is -3.02. The second-order valence-corrected chi connectivity index (χ2v) is 8.83. The van der Waals surface area contributed by atoms with Crippen molar-refractivity contribution in [3.8, 4) is 11.5 Å². The molecule has 1 unspecified atom stereocenters. The highest BCUT2D eigenvalue weighted by molar-refractivity contribution is 5.96. The van der Waals surface area contributed by atoms with Crippen molar-refractivity contribution in [2.45, 2.75) is 57.5 Å². The van der Waals surface area contributed by atoms with Crippen molar-refractivity contribution < 1.29 is 19.1 Å². The molecule has 1 aliphatic carbocycles. The van der Waals surface area contributed by atoms with Gasteiger partial charge in [-0.2, -0.15) is 0 Å². The van der Waals surface area contributed by atoms with Crippen LogP contribution in [-0.4, -0.2) is 54.5 Å². The molecule has 1 aliphatic heterocycles. The van der Waals surface area contributed by atoms with Crippen LogP contribution in [0.4, 0.5) is 0 Å². The van der Waals surface area contributed by atoms with Gasteiger partial charge in [0, 0.05) is 12.6 Å². The summed E-state index contributed by atoms with van der Waals surface area (Å²) >= 11 is 0. The number of carbonyl (C=O) groups excluding carboxylic acids is 2. The van der Waals surface area contributed by atoms with E-state index in [4.69, 9.17) is 9.47 Å². The minimum atomic E-state index is -0.651. The molecule has 0 spiro atoms. The van der Waals surface area contributed by atoms with Gasteiger partial charge >= 0.3 is 0 Å². The van der Waals surface area contributed by atoms with Crippen molar-refractivity contribution in [1.82, 2.24) is 9.80 Å². The van der Waals surface area contributed by atoms with E-state index in [-0.39, 0.29) is 24.4 Å². The van der Waals surface area contributed by atoms with Crippen LogP contribution in [0.15, 0.2) is 48.5 Å². The highest BCUT2D eigenvalue weighted by atomic mass is 16.5. The molecule has 1 saturated heterocycles. The summed E-state index contributed by atoms with van der Waals surface area (Å²) in [6, 6.07) is 15.2. The average Bonchev–Trinajstić information content (AvgIpc) is 2.86. The lowest BCUT2D eigenvalue weighted by Gasteiger charge is -2.44. The fraction of sp³-hybridized carbons (Fsp3) is 0.481. The molecule has 6 nitrogen and oxygen atoms in total. The maximum atomic E-state index is 13.9. The van der Waals surface area contributed by atoms with E-state index in [0.717, 1.165) is 36.8 Å². The summed E-state index contributed by atoms with van der Waals surface area (Å²) in [6.07, 6.45) is 6.08. The molecule has 0 aromatic heterocycles. The summed E-state index contributed by atoms with van der Waals surface area (Å²) in [5.74, 6) is 1.24. The number of methoxy groups -OCH3 is 1. The molecule has 6 heteroatoms. The number of benzene rings is 2. The predicted octanol–water partition coefficient (Wildman–Crippen LogP) is 4.38. The summed E-state index contributed by atoms with van der Waals surface area (Å²) in [7, 11) is 1.59. The van der Waals surface area contributed by atoms with E-state index in [2.05, 4.69) is 12.1 Å². The third-order valence-corrected chi connectivity index (χ3v) is 6.76. The second-order valence-electron chi connectivity index (χ2n) is 8.83. The molecule has 2 aromatic carbocycles. The normalized spacial score (nSPS) is 19.6. The van der Waals surface area contributed by atoms with Crippen LogP contribution < -0.4 is 9.47 Å². The van der Waals surface area contributed by atoms with E-state index >= 15 is 0 Å². The van der Waals surface area contributed by atoms with Crippen LogP contribution in [0.25, 0.3) is 0 Å². The average molecular weight is 451 g/mol. The molecule has 176 valence electrons. The number of ether oxygens (including phenoxy) is 2. The Balaban J connectivity index is 1.66. The monoisotopic (exact) mass is 450 g/mol. The SMILES string of the molecule is CCOc1ccc(C2C(=O)N(C3CCCCC3)CC(=O)N2CCc2ccccc2)cc1OC. The zero-order valence-electron chi connectivity index (χ0n) is 19.7. The largest absolute Gasteiger partial charge is 0.493 e. The lowest BCUT2D eigenvalue weighted by molar-refractivity contribution is -0.159. The van der Waals surface area contributed by atoms with Gasteiger partial charge in [0.05, 0.1) is 13.7 Å². The number of nitrogens with zero attached hydrogens (tertiary/aromatic N) is 2. The minimum absolute atomic E-state index is 0.00829. The van der Waals surface area contributed by atoms with E-state index < -0.39 is 6.04 Å². The first-order chi connectivity index (χ1) is 16.1. The van der Waals surface area contributed by atoms with E-state index in [1.54, 1.807) is 12.0 Å². The molecule has 2 aliphatic rings. The van der Waals surface area contributed by atoms with E-state index in [1.165, 1.54) is 6.42 Å². The molecule has 2 amide bonds. The van der Waals surface area contributed by atoms with Crippen LogP contribution in [0.3, 0.4) is 0 Å². The molecule has 0 radical (unpaired) electrons. The zero-order valence-corrected chi connectivity index (χ0v) is 19.7. The zero-order chi connectivity index (χ0) is 23.2. The van der Waals surface area contributed by atoms with Gasteiger partial charge in [-0.15, -0.1) is 0 Å². The van der Waals surface area contributed by atoms with E-state index in [1.807, 2.05) is 48.2 Å². The Morgan fingerprint density at radius 3 is 2.42 bits per heavy atom. The number of piperazine rings is 1. The van der Waals surface area contributed by atoms with Crippen molar-refractivity contribution in [3.05, 3.63) is 59.7 Å². The summed E-state index contributed by atoms with van der Waals surface area (Å²) in [5, 5.41) is 0. The van der Waals surface area contributed by atoms with Crippen molar-refractivity contribution in [2.75, 3.05) is 26.8 Å². The van der Waals surface area contributed by atoms with Gasteiger partial charge in [-0.1, -0.05) is 55.7 Å². The van der Waals surface area contributed by atoms with E-state index in [9.17, 15) is 9.59 Å². The second kappa shape index (κ2) is 10.7. The van der Waals surface area contributed by atoms with Gasteiger partial charge in [0.1, 0.15) is 12.6 Å². The van der Waals surface area contributed by atoms with Gasteiger partial charge in [0.15, 0.2) is 11.5 Å². The molecule has 1 saturated carbocycles. The van der Waals surface area contributed by atoms with Crippen LogP contribution in [0.2, 0.25) is 0 Å². The molecule has 0 N–H and O–H groups in total. The summed E-state index contributed by atoms with van der Waals surface area (Å²) in [5.41, 5.74) is 1.91. The number of carbonyl (C=O) groups is 2. The Kier molecular flexibility index (Phi) is 7.53. The van der Waals surface area contributed by atoms with Gasteiger partial charge in [-0.3, -0.25) is 9.59 Å². The fourth-order valence-electron chi connectivity index (χ4n) is 5.05. The van der Waals surface area contributed by atoms with Crippen LogP contribution in [-0.2, 0) is 16.0 Å². The standard InChI is InChI=1S/C27H34N2O4/c1-3-33-23-15-14-21(18-24(23)32-2)26-27(31)29(22-12-8-5-9-13-22)19-25(30)28(26)17-16-20-10-6-4-7-11-20/h4,6-7,10-11,14-15,18,22,26H,3,5,8-9,12-13,16-17,19H2,1-2H3. The lowest BCUT2D eigenvalue weighted by atomic mass is 9.91. The molecule has 33 heavy (non-hydrogen) atoms. The maximum absolute atomic E-state index is 13.9. The molecular weight excluding hydrogens is 416 g/mol. The lowest BCUT2D eigenvalue weighted by Crippen LogP contribution is -2.58. The molecule has 1 atom stereocenters. The van der Waals surface area contributed by atoms with Crippen LogP contribution >= 0.6 is 0 Å². The minimum Gasteiger partial charge on any atom is -0.493 e. The highest BCUT2D eigenvalue weighted by Crippen LogP contribution is 2.36. The Bertz CT molecular complexity index is 956. The first-order valence-corrected chi connectivity index (χ1v) is 12.1. The molecule has 0 bridgehead atoms. The molecule has 2 fully saturated rings. The van der Waals surface area contributed by atoms with Crippen LogP contribution in [0.5, 0.6) is 11.5 Å². The molecule has 4 rings (SSSR count). The summed E-state index contributed by atoms with van der Waals surface area (Å²) in [4.78, 5) is 30.9. The summed E-state index contributed by atoms with van der Waals surface area (Å²) < 4.78 is 11.2. The number of hydrogen-bond acceptors (Lipinski definition) is 4. The first-order valence-electron chi connectivity index (χ1n) is 12.1. The number of hydrogen-bond donors (Lipinski definition) is 0.